The molecule has 0 aliphatic rings. The van der Waals surface area contributed by atoms with Gasteiger partial charge in [-0.1, -0.05) is 30.3 Å². The van der Waals surface area contributed by atoms with Crippen molar-refractivity contribution in [1.29, 1.82) is 0 Å². The zero-order valence-electron chi connectivity index (χ0n) is 13.2. The Morgan fingerprint density at radius 1 is 1.25 bits per heavy atom. The number of nitrogens with zero attached hydrogens (tertiary/aromatic N) is 1. The number of hydrogen-bond acceptors (Lipinski definition) is 4. The van der Waals surface area contributed by atoms with Crippen molar-refractivity contribution in [3.8, 4) is 0 Å². The van der Waals surface area contributed by atoms with Gasteiger partial charge in [-0.15, -0.1) is 0 Å². The smallest absolute Gasteiger partial charge is 0.354 e. The summed E-state index contributed by atoms with van der Waals surface area (Å²) in [6.07, 6.45) is -6.90. The van der Waals surface area contributed by atoms with Crippen LogP contribution in [0, 0.1) is 0 Å². The number of sulfonamides is 1. The maximum atomic E-state index is 13.0. The summed E-state index contributed by atoms with van der Waals surface area (Å²) in [7, 11) is -0.811. The Labute approximate surface area is 138 Å². The number of hydrogen-bond donors (Lipinski definition) is 1. The minimum Gasteiger partial charge on any atom is -0.354 e. The highest BCUT2D eigenvalue weighted by molar-refractivity contribution is 7.89. The fraction of sp³-hybridized carbons (Fsp3) is 0.500. The molecule has 0 saturated carbocycles. The monoisotopic (exact) mass is 368 g/mol. The van der Waals surface area contributed by atoms with E-state index in [4.69, 9.17) is 0 Å². The van der Waals surface area contributed by atoms with Crippen LogP contribution in [0.4, 0.5) is 13.2 Å². The first-order chi connectivity index (χ1) is 11.0. The number of nitrogens with one attached hydrogen (secondary N) is 1. The molecule has 0 saturated heterocycles. The van der Waals surface area contributed by atoms with Crippen molar-refractivity contribution in [2.24, 2.45) is 0 Å². The van der Waals surface area contributed by atoms with Gasteiger partial charge in [-0.2, -0.15) is 13.2 Å². The van der Waals surface area contributed by atoms with Crippen LogP contribution in [0.3, 0.4) is 0 Å². The number of rotatable bonds is 8. The highest BCUT2D eigenvalue weighted by Gasteiger charge is 2.42. The largest absolute Gasteiger partial charge is 0.418 e. The Bertz CT molecular complexity index is 633. The van der Waals surface area contributed by atoms with Crippen LogP contribution in [-0.4, -0.2) is 57.8 Å². The van der Waals surface area contributed by atoms with Gasteiger partial charge in [-0.25, -0.2) is 12.7 Å². The first kappa shape index (κ1) is 20.4. The van der Waals surface area contributed by atoms with Gasteiger partial charge in [-0.05, 0) is 5.56 Å². The summed E-state index contributed by atoms with van der Waals surface area (Å²) in [6.45, 7) is -1.05. The Balaban J connectivity index is 2.55. The van der Waals surface area contributed by atoms with Gasteiger partial charge in [0.1, 0.15) is 6.61 Å². The van der Waals surface area contributed by atoms with E-state index < -0.39 is 34.8 Å². The number of carbonyl (C=O) groups excluding carboxylic acids is 1. The van der Waals surface area contributed by atoms with Gasteiger partial charge in [0, 0.05) is 20.6 Å². The van der Waals surface area contributed by atoms with Crippen LogP contribution in [-0.2, 0) is 19.6 Å². The lowest BCUT2D eigenvalue weighted by Crippen LogP contribution is -2.36. The quantitative estimate of drug-likeness (QED) is 0.751. The topological polar surface area (TPSA) is 75.7 Å². The Hall–Kier alpha value is -1.65. The molecule has 0 heterocycles. The van der Waals surface area contributed by atoms with E-state index in [1.807, 2.05) is 0 Å². The third-order valence-corrected chi connectivity index (χ3v) is 4.85. The fourth-order valence-corrected chi connectivity index (χ4v) is 2.44. The lowest BCUT2D eigenvalue weighted by atomic mass is 10.1. The van der Waals surface area contributed by atoms with E-state index in [2.05, 4.69) is 10.1 Å². The maximum absolute atomic E-state index is 13.0. The number of ether oxygens (including phenoxy) is 1. The second kappa shape index (κ2) is 8.45. The highest BCUT2D eigenvalue weighted by atomic mass is 32.2. The lowest BCUT2D eigenvalue weighted by Gasteiger charge is -2.21. The number of halogens is 3. The van der Waals surface area contributed by atoms with Gasteiger partial charge in [0.05, 0.1) is 5.75 Å². The standard InChI is InChI=1S/C14H19F3N2O4S/c1-19(2)24(21,22)9-8-18-12(20)10-23-13(14(15,16)17)11-6-4-3-5-7-11/h3-7,13H,8-10H2,1-2H3,(H,18,20)/t13-/m1/s1. The van der Waals surface area contributed by atoms with Gasteiger partial charge in [0.2, 0.25) is 15.9 Å². The minimum absolute atomic E-state index is 0.118. The third-order valence-electron chi connectivity index (χ3n) is 3.02. The number of benzene rings is 1. The average molecular weight is 368 g/mol. The molecular weight excluding hydrogens is 349 g/mol. The van der Waals surface area contributed by atoms with E-state index in [-0.39, 0.29) is 17.9 Å². The SMILES string of the molecule is CN(C)S(=O)(=O)CCNC(=O)CO[C@H](c1ccccc1)C(F)(F)F. The second-order valence-electron chi connectivity index (χ2n) is 5.09. The van der Waals surface area contributed by atoms with Crippen LogP contribution in [0.5, 0.6) is 0 Å². The molecule has 1 aromatic rings. The predicted octanol–water partition coefficient (Wildman–Crippen LogP) is 1.31. The van der Waals surface area contributed by atoms with Crippen LogP contribution in [0.25, 0.3) is 0 Å². The molecule has 0 fully saturated rings. The van der Waals surface area contributed by atoms with E-state index in [0.717, 1.165) is 4.31 Å². The maximum Gasteiger partial charge on any atom is 0.418 e. The van der Waals surface area contributed by atoms with Crippen molar-refractivity contribution in [3.63, 3.8) is 0 Å². The van der Waals surface area contributed by atoms with Gasteiger partial charge >= 0.3 is 6.18 Å². The van der Waals surface area contributed by atoms with Gasteiger partial charge in [0.25, 0.3) is 0 Å². The van der Waals surface area contributed by atoms with E-state index in [1.54, 1.807) is 6.07 Å². The van der Waals surface area contributed by atoms with Crippen molar-refractivity contribution < 1.29 is 31.1 Å². The molecule has 0 spiro atoms. The normalized spacial score (nSPS) is 13.8. The van der Waals surface area contributed by atoms with Crippen LogP contribution < -0.4 is 5.32 Å². The summed E-state index contributed by atoms with van der Waals surface area (Å²) in [5.41, 5.74) is -0.118. The van der Waals surface area contributed by atoms with Crippen LogP contribution in [0.2, 0.25) is 0 Å². The summed E-state index contributed by atoms with van der Waals surface area (Å²) in [4.78, 5) is 11.5. The highest BCUT2D eigenvalue weighted by Crippen LogP contribution is 2.35. The molecule has 1 N–H and O–H groups in total. The Kier molecular flexibility index (Phi) is 7.18. The van der Waals surface area contributed by atoms with Gasteiger partial charge < -0.3 is 10.1 Å². The van der Waals surface area contributed by atoms with Crippen LogP contribution in [0.1, 0.15) is 11.7 Å². The molecule has 0 aliphatic heterocycles. The summed E-state index contributed by atoms with van der Waals surface area (Å²) in [6, 6.07) is 6.93. The van der Waals surface area contributed by atoms with E-state index in [9.17, 15) is 26.4 Å². The molecule has 136 valence electrons. The van der Waals surface area contributed by atoms with E-state index >= 15 is 0 Å². The number of carbonyl (C=O) groups is 1. The molecule has 0 unspecified atom stereocenters. The lowest BCUT2D eigenvalue weighted by molar-refractivity contribution is -0.223. The van der Waals surface area contributed by atoms with Crippen molar-refractivity contribution in [2.45, 2.75) is 12.3 Å². The first-order valence-corrected chi connectivity index (χ1v) is 8.55. The molecule has 24 heavy (non-hydrogen) atoms. The summed E-state index contributed by atoms with van der Waals surface area (Å²) < 4.78 is 67.7. The molecule has 1 rings (SSSR count). The zero-order valence-corrected chi connectivity index (χ0v) is 14.0. The zero-order chi connectivity index (χ0) is 18.4. The van der Waals surface area contributed by atoms with Crippen molar-refractivity contribution in [2.75, 3.05) is 33.0 Å². The fourth-order valence-electron chi connectivity index (χ4n) is 1.72. The molecule has 1 aromatic carbocycles. The molecule has 0 aliphatic carbocycles. The minimum atomic E-state index is -4.67. The van der Waals surface area contributed by atoms with Gasteiger partial charge in [0.15, 0.2) is 6.10 Å². The molecular formula is C14H19F3N2O4S. The number of alkyl halides is 3. The first-order valence-electron chi connectivity index (χ1n) is 6.94. The van der Waals surface area contributed by atoms with E-state index in [0.29, 0.717) is 0 Å². The van der Waals surface area contributed by atoms with Crippen LogP contribution >= 0.6 is 0 Å². The molecule has 0 aromatic heterocycles. The summed E-state index contributed by atoms with van der Waals surface area (Å²) in [5.74, 6) is -1.18. The summed E-state index contributed by atoms with van der Waals surface area (Å²) >= 11 is 0. The molecule has 10 heteroatoms. The average Bonchev–Trinajstić information content (AvgIpc) is 2.46. The van der Waals surface area contributed by atoms with E-state index in [1.165, 1.54) is 38.4 Å². The number of amides is 1. The Morgan fingerprint density at radius 3 is 2.33 bits per heavy atom. The summed E-state index contributed by atoms with van der Waals surface area (Å²) in [5, 5.41) is 2.21. The predicted molar refractivity (Wildman–Crippen MR) is 81.7 cm³/mol. The van der Waals surface area contributed by atoms with Gasteiger partial charge in [-0.3, -0.25) is 4.79 Å². The van der Waals surface area contributed by atoms with Crippen LogP contribution in [0.15, 0.2) is 30.3 Å². The molecule has 6 nitrogen and oxygen atoms in total. The molecule has 0 bridgehead atoms. The third kappa shape index (κ3) is 6.46. The Morgan fingerprint density at radius 2 is 1.83 bits per heavy atom. The second-order valence-corrected chi connectivity index (χ2v) is 7.39. The molecule has 0 radical (unpaired) electrons. The van der Waals surface area contributed by atoms with Crippen molar-refractivity contribution >= 4 is 15.9 Å². The van der Waals surface area contributed by atoms with Crippen molar-refractivity contribution in [1.82, 2.24) is 9.62 Å². The molecule has 1 atom stereocenters. The van der Waals surface area contributed by atoms with Crippen molar-refractivity contribution in [3.05, 3.63) is 35.9 Å². The molecule has 1 amide bonds.